The molecule has 0 saturated carbocycles. The minimum absolute atomic E-state index is 0. The minimum atomic E-state index is -1.92. The average Bonchev–Trinajstić information content (AvgIpc) is 3.19. The molecule has 0 saturated heterocycles. The number of halogens is 6. The van der Waals surface area contributed by atoms with Crippen molar-refractivity contribution in [2.75, 3.05) is 0 Å². The maximum absolute atomic E-state index is 9.57. The van der Waals surface area contributed by atoms with Gasteiger partial charge in [-0.3, -0.25) is 0 Å². The Morgan fingerprint density at radius 1 is 0.463 bits per heavy atom. The van der Waals surface area contributed by atoms with Crippen molar-refractivity contribution in [2.24, 2.45) is 0 Å². The number of hydrogen-bond donors (Lipinski definition) is 4. The van der Waals surface area contributed by atoms with Gasteiger partial charge in [0.05, 0.1) is 0 Å². The van der Waals surface area contributed by atoms with Crippen LogP contribution in [0.4, 0.5) is 0 Å². The van der Waals surface area contributed by atoms with Crippen molar-refractivity contribution in [3.8, 4) is 0 Å². The van der Waals surface area contributed by atoms with Crippen molar-refractivity contribution in [2.45, 2.75) is 132 Å². The van der Waals surface area contributed by atoms with Gasteiger partial charge in [-0.1, -0.05) is 0 Å². The molecule has 2 rings (SSSR count). The van der Waals surface area contributed by atoms with Gasteiger partial charge in [0.2, 0.25) is 0 Å². The molecule has 0 aromatic heterocycles. The molecule has 0 amide bonds. The van der Waals surface area contributed by atoms with Gasteiger partial charge < -0.3 is 45.5 Å². The first kappa shape index (κ1) is 47.1. The molecule has 9 nitrogen and oxygen atoms in total. The van der Waals surface area contributed by atoms with Gasteiger partial charge in [-0.15, -0.1) is 0 Å². The van der Waals surface area contributed by atoms with Crippen LogP contribution in [-0.2, 0) is 29.4 Å². The van der Waals surface area contributed by atoms with Crippen molar-refractivity contribution in [1.29, 1.82) is 0 Å². The van der Waals surface area contributed by atoms with E-state index >= 15 is 0 Å². The van der Waals surface area contributed by atoms with Gasteiger partial charge in [0.15, 0.2) is 24.9 Å². The Hall–Kier alpha value is 1.65. The van der Waals surface area contributed by atoms with E-state index in [-0.39, 0.29) is 42.0 Å². The summed E-state index contributed by atoms with van der Waals surface area (Å²) in [7, 11) is 29.8. The number of allylic oxidation sites excluding steroid dienone is 4. The molecular formula is C24H50Cl6N4O5Ti2. The van der Waals surface area contributed by atoms with Crippen LogP contribution in [0, 0.1) is 0 Å². The van der Waals surface area contributed by atoms with Crippen molar-refractivity contribution in [3.63, 3.8) is 0 Å². The monoisotopic (exact) mass is 780 g/mol. The SMILES string of the molecule is CC1=C(C)N(C(C)C)C(C(O)O)N1C(C)C.CC1=C(C)N(C(C)C)C(C(O)O)N1C(C)C.O.[Cl][Ti]([Cl])[Cl].[Cl][Ti]([Cl])[Cl]. The molecule has 0 fully saturated rings. The van der Waals surface area contributed by atoms with Crippen molar-refractivity contribution < 1.29 is 55.3 Å². The van der Waals surface area contributed by atoms with Crippen LogP contribution in [0.5, 0.6) is 0 Å². The molecule has 0 atom stereocenters. The predicted molar refractivity (Wildman–Crippen MR) is 167 cm³/mol. The van der Waals surface area contributed by atoms with Gasteiger partial charge in [-0.25, -0.2) is 0 Å². The van der Waals surface area contributed by atoms with E-state index in [1.807, 2.05) is 27.7 Å². The van der Waals surface area contributed by atoms with Crippen LogP contribution in [0.2, 0.25) is 0 Å². The third-order valence-corrected chi connectivity index (χ3v) is 6.50. The van der Waals surface area contributed by atoms with E-state index < -0.39 is 42.0 Å². The molecule has 6 N–H and O–H groups in total. The van der Waals surface area contributed by atoms with Crippen LogP contribution < -0.4 is 0 Å². The molecule has 0 aliphatic carbocycles. The van der Waals surface area contributed by atoms with Gasteiger partial charge in [0, 0.05) is 47.0 Å². The van der Waals surface area contributed by atoms with Gasteiger partial charge in [-0.05, 0) is 83.1 Å². The molecule has 41 heavy (non-hydrogen) atoms. The van der Waals surface area contributed by atoms with E-state index in [9.17, 15) is 20.4 Å². The molecule has 0 spiro atoms. The third kappa shape index (κ3) is 15.2. The van der Waals surface area contributed by atoms with Gasteiger partial charge >= 0.3 is 85.2 Å². The fourth-order valence-corrected chi connectivity index (χ4v) is 5.15. The summed E-state index contributed by atoms with van der Waals surface area (Å²) >= 11 is -3.83. The van der Waals surface area contributed by atoms with Crippen LogP contribution in [0.25, 0.3) is 0 Å². The Bertz CT molecular complexity index is 691. The summed E-state index contributed by atoms with van der Waals surface area (Å²) in [5.41, 5.74) is 4.51. The van der Waals surface area contributed by atoms with Crippen molar-refractivity contribution in [1.82, 2.24) is 19.6 Å². The maximum atomic E-state index is 9.57. The summed E-state index contributed by atoms with van der Waals surface area (Å²) in [6.07, 6.45) is -3.42. The molecule has 246 valence electrons. The summed E-state index contributed by atoms with van der Waals surface area (Å²) < 4.78 is 0. The molecular weight excluding hydrogens is 733 g/mol. The fraction of sp³-hybridized carbons (Fsp3) is 0.833. The Morgan fingerprint density at radius 2 is 0.585 bits per heavy atom. The second kappa shape index (κ2) is 22.2. The topological polar surface area (TPSA) is 125 Å². The predicted octanol–water partition coefficient (Wildman–Crippen LogP) is 5.93. The quantitative estimate of drug-likeness (QED) is 0.193. The molecule has 2 heterocycles. The van der Waals surface area contributed by atoms with Crippen LogP contribution in [-0.4, -0.2) is 94.6 Å². The van der Waals surface area contributed by atoms with Crippen molar-refractivity contribution >= 4 is 55.8 Å². The van der Waals surface area contributed by atoms with E-state index in [1.165, 1.54) is 0 Å². The Kier molecular flexibility index (Phi) is 25.5. The molecule has 0 aromatic carbocycles. The van der Waals surface area contributed by atoms with E-state index in [4.69, 9.17) is 55.8 Å². The number of rotatable bonds is 6. The van der Waals surface area contributed by atoms with Crippen LogP contribution in [0.1, 0.15) is 83.1 Å². The molecule has 0 aromatic rings. The zero-order valence-electron chi connectivity index (χ0n) is 26.0. The summed E-state index contributed by atoms with van der Waals surface area (Å²) in [5.74, 6) is 0. The Labute approximate surface area is 283 Å². The molecule has 0 radical (unpaired) electrons. The van der Waals surface area contributed by atoms with Crippen LogP contribution >= 0.6 is 55.8 Å². The second-order valence-electron chi connectivity index (χ2n) is 10.4. The third-order valence-electron chi connectivity index (χ3n) is 6.50. The number of aliphatic hydroxyl groups is 4. The van der Waals surface area contributed by atoms with E-state index in [1.54, 1.807) is 0 Å². The first-order valence-corrected chi connectivity index (χ1v) is 25.8. The Balaban J connectivity index is -0.000000548. The number of hydrogen-bond acceptors (Lipinski definition) is 8. The van der Waals surface area contributed by atoms with Gasteiger partial charge in [-0.2, -0.15) is 0 Å². The average molecular weight is 783 g/mol. The summed E-state index contributed by atoms with van der Waals surface area (Å²) in [5, 5.41) is 38.3. The van der Waals surface area contributed by atoms with E-state index in [0.717, 1.165) is 22.8 Å². The Morgan fingerprint density at radius 3 is 0.659 bits per heavy atom. The second-order valence-corrected chi connectivity index (χ2v) is 25.9. The van der Waals surface area contributed by atoms with Gasteiger partial charge in [0.25, 0.3) is 0 Å². The van der Waals surface area contributed by atoms with Crippen molar-refractivity contribution in [3.05, 3.63) is 22.8 Å². The first-order chi connectivity index (χ1) is 18.0. The van der Waals surface area contributed by atoms with E-state index in [2.05, 4.69) is 75.0 Å². The van der Waals surface area contributed by atoms with Crippen LogP contribution in [0.3, 0.4) is 0 Å². The molecule has 2 aliphatic rings. The molecule has 0 unspecified atom stereocenters. The summed E-state index contributed by atoms with van der Waals surface area (Å²) in [6.45, 7) is 24.7. The standard InChI is InChI=1S/2C12H24N2O2.6ClH.H2O.2Ti/c2*1-7(2)13-9(5)10(6)14(8(3)4)11(13)12(15)16;;;;;;;;;/h2*7-8,11-12,15-16H,1-6H3;6*1H;1H2;;/q;;;;;;;;;2*+3/p-6. The zero-order chi connectivity index (χ0) is 32.4. The zero-order valence-corrected chi connectivity index (χ0v) is 33.6. The molecule has 0 bridgehead atoms. The van der Waals surface area contributed by atoms with E-state index in [0.29, 0.717) is 0 Å². The number of nitrogens with zero attached hydrogens (tertiary/aromatic N) is 4. The number of aliphatic hydroxyl groups excluding tert-OH is 2. The first-order valence-electron chi connectivity index (χ1n) is 12.9. The van der Waals surface area contributed by atoms with Crippen LogP contribution in [0.15, 0.2) is 22.8 Å². The molecule has 2 aliphatic heterocycles. The summed E-state index contributed by atoms with van der Waals surface area (Å²) in [6, 6.07) is 1.02. The summed E-state index contributed by atoms with van der Waals surface area (Å²) in [4.78, 5) is 8.28. The normalized spacial score (nSPS) is 16.1. The molecule has 17 heteroatoms. The fourth-order valence-electron chi connectivity index (χ4n) is 5.15. The van der Waals surface area contributed by atoms with Gasteiger partial charge in [0.1, 0.15) is 0 Å².